The molecule has 2 aromatic rings. The molecule has 0 aliphatic carbocycles. The number of hydrogen-bond donors (Lipinski definition) is 1. The van der Waals surface area contributed by atoms with E-state index in [-0.39, 0.29) is 0 Å². The second kappa shape index (κ2) is 6.73. The maximum atomic E-state index is 5.67. The molecule has 2 aliphatic rings. The summed E-state index contributed by atoms with van der Waals surface area (Å²) in [4.78, 5) is 2.50. The molecule has 1 N–H and O–H groups in total. The van der Waals surface area contributed by atoms with Gasteiger partial charge in [-0.25, -0.2) is 0 Å². The van der Waals surface area contributed by atoms with Crippen LogP contribution in [0.15, 0.2) is 30.6 Å². The van der Waals surface area contributed by atoms with Crippen molar-refractivity contribution in [3.8, 4) is 11.5 Å². The molecule has 0 saturated carbocycles. The number of aromatic nitrogens is 2. The predicted molar refractivity (Wildman–Crippen MR) is 92.6 cm³/mol. The average molecular weight is 328 g/mol. The van der Waals surface area contributed by atoms with Crippen LogP contribution >= 0.6 is 0 Å². The Balaban J connectivity index is 1.37. The van der Waals surface area contributed by atoms with Gasteiger partial charge >= 0.3 is 0 Å². The maximum Gasteiger partial charge on any atom is 0.163 e. The highest BCUT2D eigenvalue weighted by Gasteiger charge is 2.21. The highest BCUT2D eigenvalue weighted by Crippen LogP contribution is 2.33. The molecule has 0 radical (unpaired) electrons. The third kappa shape index (κ3) is 3.48. The lowest BCUT2D eigenvalue weighted by atomic mass is 10.0. The molecular formula is C18H24N4O2. The third-order valence-corrected chi connectivity index (χ3v) is 4.58. The normalized spacial score (nSPS) is 20.8. The van der Waals surface area contributed by atoms with Crippen molar-refractivity contribution in [2.24, 2.45) is 7.05 Å². The molecule has 6 nitrogen and oxygen atoms in total. The summed E-state index contributed by atoms with van der Waals surface area (Å²) in [5.74, 6) is 1.68. The first-order chi connectivity index (χ1) is 11.8. The molecule has 3 heterocycles. The van der Waals surface area contributed by atoms with Gasteiger partial charge in [-0.2, -0.15) is 5.10 Å². The van der Waals surface area contributed by atoms with Gasteiger partial charge in [0.15, 0.2) is 11.5 Å². The summed E-state index contributed by atoms with van der Waals surface area (Å²) in [5.41, 5.74) is 2.38. The van der Waals surface area contributed by atoms with E-state index in [1.165, 1.54) is 18.4 Å². The molecule has 2 aliphatic heterocycles. The van der Waals surface area contributed by atoms with E-state index < -0.39 is 0 Å². The molecule has 0 spiro atoms. The van der Waals surface area contributed by atoms with Crippen molar-refractivity contribution in [3.05, 3.63) is 36.2 Å². The minimum Gasteiger partial charge on any atom is -0.486 e. The molecule has 0 bridgehead atoms. The highest BCUT2D eigenvalue weighted by molar-refractivity contribution is 5.55. The van der Waals surface area contributed by atoms with Gasteiger partial charge in [0.2, 0.25) is 0 Å². The van der Waals surface area contributed by atoms with E-state index in [9.17, 15) is 0 Å². The SMILES string of the molecule is Cn1cc(CN2CCCC(Nc3ccc4c(c3)OCCO4)C2)cn1. The number of fused-ring (bicyclic) bond motifs is 1. The Bertz CT molecular complexity index is 700. The smallest absolute Gasteiger partial charge is 0.163 e. The number of benzene rings is 1. The number of hydrogen-bond acceptors (Lipinski definition) is 5. The van der Waals surface area contributed by atoms with Crippen molar-refractivity contribution in [1.29, 1.82) is 0 Å². The summed E-state index contributed by atoms with van der Waals surface area (Å²) in [7, 11) is 1.96. The minimum atomic E-state index is 0.456. The zero-order valence-electron chi connectivity index (χ0n) is 14.1. The number of anilines is 1. The van der Waals surface area contributed by atoms with Crippen molar-refractivity contribution < 1.29 is 9.47 Å². The fourth-order valence-corrected chi connectivity index (χ4v) is 3.50. The largest absolute Gasteiger partial charge is 0.486 e. The monoisotopic (exact) mass is 328 g/mol. The van der Waals surface area contributed by atoms with Crippen molar-refractivity contribution in [1.82, 2.24) is 14.7 Å². The van der Waals surface area contributed by atoms with Gasteiger partial charge in [0.1, 0.15) is 13.2 Å². The van der Waals surface area contributed by atoms with Crippen molar-refractivity contribution >= 4 is 5.69 Å². The summed E-state index contributed by atoms with van der Waals surface area (Å²) >= 11 is 0. The Morgan fingerprint density at radius 3 is 2.96 bits per heavy atom. The lowest BCUT2D eigenvalue weighted by molar-refractivity contribution is 0.171. The quantitative estimate of drug-likeness (QED) is 0.933. The average Bonchev–Trinajstić information content (AvgIpc) is 3.00. The van der Waals surface area contributed by atoms with Crippen LogP contribution in [0.25, 0.3) is 0 Å². The van der Waals surface area contributed by atoms with Gasteiger partial charge in [-0.05, 0) is 31.5 Å². The minimum absolute atomic E-state index is 0.456. The van der Waals surface area contributed by atoms with Crippen LogP contribution in [0.2, 0.25) is 0 Å². The highest BCUT2D eigenvalue weighted by atomic mass is 16.6. The van der Waals surface area contributed by atoms with E-state index in [1.807, 2.05) is 24.0 Å². The Kier molecular flexibility index (Phi) is 4.30. The second-order valence-electron chi connectivity index (χ2n) is 6.60. The van der Waals surface area contributed by atoms with Gasteiger partial charge in [-0.1, -0.05) is 0 Å². The first-order valence-electron chi connectivity index (χ1n) is 8.62. The van der Waals surface area contributed by atoms with E-state index >= 15 is 0 Å². The van der Waals surface area contributed by atoms with Crippen molar-refractivity contribution in [2.45, 2.75) is 25.4 Å². The fraction of sp³-hybridized carbons (Fsp3) is 0.500. The van der Waals surface area contributed by atoms with Gasteiger partial charge in [0.05, 0.1) is 6.20 Å². The molecule has 1 fully saturated rings. The van der Waals surface area contributed by atoms with E-state index in [0.29, 0.717) is 19.3 Å². The topological polar surface area (TPSA) is 51.5 Å². The van der Waals surface area contributed by atoms with Gasteiger partial charge < -0.3 is 14.8 Å². The van der Waals surface area contributed by atoms with Crippen molar-refractivity contribution in [3.63, 3.8) is 0 Å². The van der Waals surface area contributed by atoms with E-state index in [1.54, 1.807) is 0 Å². The zero-order valence-corrected chi connectivity index (χ0v) is 14.1. The van der Waals surface area contributed by atoms with Gasteiger partial charge in [-0.3, -0.25) is 9.58 Å². The number of ether oxygens (including phenoxy) is 2. The van der Waals surface area contributed by atoms with E-state index in [0.717, 1.165) is 36.8 Å². The molecule has 24 heavy (non-hydrogen) atoms. The molecule has 1 unspecified atom stereocenters. The van der Waals surface area contributed by atoms with Crippen molar-refractivity contribution in [2.75, 3.05) is 31.6 Å². The lowest BCUT2D eigenvalue weighted by Crippen LogP contribution is -2.41. The first-order valence-corrected chi connectivity index (χ1v) is 8.62. The molecule has 0 amide bonds. The number of aryl methyl sites for hydroxylation is 1. The Hall–Kier alpha value is -2.21. The Morgan fingerprint density at radius 2 is 2.12 bits per heavy atom. The Labute approximate surface area is 142 Å². The van der Waals surface area contributed by atoms with Crippen LogP contribution in [-0.2, 0) is 13.6 Å². The predicted octanol–water partition coefficient (Wildman–Crippen LogP) is 2.27. The van der Waals surface area contributed by atoms with Crippen LogP contribution in [0.5, 0.6) is 11.5 Å². The molecule has 1 aromatic heterocycles. The third-order valence-electron chi connectivity index (χ3n) is 4.58. The van der Waals surface area contributed by atoms with Gasteiger partial charge in [0, 0.05) is 49.7 Å². The molecule has 4 rings (SSSR count). The standard InChI is InChI=1S/C18H24N4O2/c1-21-11-14(10-19-21)12-22-6-2-3-16(13-22)20-15-4-5-17-18(9-15)24-8-7-23-17/h4-5,9-11,16,20H,2-3,6-8,12-13H2,1H3. The van der Waals surface area contributed by atoms with Crippen LogP contribution < -0.4 is 14.8 Å². The number of rotatable bonds is 4. The van der Waals surface area contributed by atoms with Gasteiger partial charge in [-0.15, -0.1) is 0 Å². The summed E-state index contributed by atoms with van der Waals surface area (Å²) in [5, 5.41) is 7.91. The molecular weight excluding hydrogens is 304 g/mol. The number of nitrogens with zero attached hydrogens (tertiary/aromatic N) is 3. The van der Waals surface area contributed by atoms with Crippen LogP contribution in [0.1, 0.15) is 18.4 Å². The Morgan fingerprint density at radius 1 is 1.25 bits per heavy atom. The summed E-state index contributed by atoms with van der Waals surface area (Å²) in [6.45, 7) is 4.41. The number of piperidine rings is 1. The van der Waals surface area contributed by atoms with Crippen LogP contribution in [0.3, 0.4) is 0 Å². The number of likely N-dealkylation sites (tertiary alicyclic amines) is 1. The van der Waals surface area contributed by atoms with E-state index in [4.69, 9.17) is 9.47 Å². The molecule has 128 valence electrons. The van der Waals surface area contributed by atoms with Crippen LogP contribution in [0.4, 0.5) is 5.69 Å². The molecule has 1 saturated heterocycles. The summed E-state index contributed by atoms with van der Waals surface area (Å²) in [6, 6.07) is 6.58. The van der Waals surface area contributed by atoms with E-state index in [2.05, 4.69) is 33.6 Å². The second-order valence-corrected chi connectivity index (χ2v) is 6.60. The fourth-order valence-electron chi connectivity index (χ4n) is 3.50. The molecule has 6 heteroatoms. The first kappa shape index (κ1) is 15.3. The van der Waals surface area contributed by atoms with Crippen LogP contribution in [-0.4, -0.2) is 47.0 Å². The zero-order chi connectivity index (χ0) is 16.4. The molecule has 1 atom stereocenters. The number of nitrogens with one attached hydrogen (secondary N) is 1. The summed E-state index contributed by atoms with van der Waals surface area (Å²) < 4.78 is 13.1. The van der Waals surface area contributed by atoms with Gasteiger partial charge in [0.25, 0.3) is 0 Å². The lowest BCUT2D eigenvalue weighted by Gasteiger charge is -2.33. The summed E-state index contributed by atoms with van der Waals surface area (Å²) in [6.07, 6.45) is 6.45. The maximum absolute atomic E-state index is 5.67. The molecule has 1 aromatic carbocycles. The van der Waals surface area contributed by atoms with Crippen LogP contribution in [0, 0.1) is 0 Å².